The number of nitrogens with one attached hydrogen (secondary N) is 2. The van der Waals surface area contributed by atoms with Crippen LogP contribution in [-0.2, 0) is 29.0 Å². The Labute approximate surface area is 159 Å². The number of hydrogen-bond donors (Lipinski definition) is 2. The fourth-order valence-corrected chi connectivity index (χ4v) is 3.54. The minimum Gasteiger partial charge on any atom is -0.356 e. The van der Waals surface area contributed by atoms with Gasteiger partial charge < -0.3 is 10.6 Å². The normalized spacial score (nSPS) is 12.9. The number of nitrogens with zero attached hydrogens (tertiary/aromatic N) is 2. The Morgan fingerprint density at radius 1 is 1.22 bits per heavy atom. The maximum absolute atomic E-state index is 12.5. The minimum absolute atomic E-state index is 0.246. The Morgan fingerprint density at radius 2 is 1.89 bits per heavy atom. The highest BCUT2D eigenvalue weighted by atomic mass is 32.2. The maximum atomic E-state index is 12.5. The second-order valence-electron chi connectivity index (χ2n) is 5.64. The monoisotopic (exact) mass is 420 g/mol. The first-order valence-electron chi connectivity index (χ1n) is 7.84. The largest absolute Gasteiger partial charge is 0.434 e. The highest BCUT2D eigenvalue weighted by Crippen LogP contribution is 2.29. The lowest BCUT2D eigenvalue weighted by Crippen LogP contribution is -2.37. The van der Waals surface area contributed by atoms with Crippen molar-refractivity contribution in [2.45, 2.75) is 24.0 Å². The van der Waals surface area contributed by atoms with E-state index in [1.807, 2.05) is 0 Å². The lowest BCUT2D eigenvalue weighted by atomic mass is 10.2. The highest BCUT2D eigenvalue weighted by molar-refractivity contribution is 7.90. The molecule has 0 unspecified atom stereocenters. The van der Waals surface area contributed by atoms with Crippen molar-refractivity contribution in [3.05, 3.63) is 45.9 Å². The summed E-state index contributed by atoms with van der Waals surface area (Å²) in [6, 6.07) is 6.46. The molecule has 0 aliphatic carbocycles. The molecular formula is C16H19F3N4O2S2. The summed E-state index contributed by atoms with van der Waals surface area (Å²) < 4.78 is 60.4. The van der Waals surface area contributed by atoms with E-state index in [4.69, 9.17) is 0 Å². The van der Waals surface area contributed by atoms with Crippen LogP contribution in [-0.4, -0.2) is 39.2 Å². The van der Waals surface area contributed by atoms with Gasteiger partial charge in [-0.15, -0.1) is 11.3 Å². The maximum Gasteiger partial charge on any atom is 0.434 e. The summed E-state index contributed by atoms with van der Waals surface area (Å²) >= 11 is 0.969. The molecule has 27 heavy (non-hydrogen) atoms. The lowest BCUT2D eigenvalue weighted by Gasteiger charge is -2.11. The second kappa shape index (κ2) is 8.70. The van der Waals surface area contributed by atoms with Gasteiger partial charge in [0.15, 0.2) is 21.5 Å². The van der Waals surface area contributed by atoms with E-state index < -0.39 is 21.7 Å². The molecule has 0 atom stereocenters. The third-order valence-corrected chi connectivity index (χ3v) is 5.55. The van der Waals surface area contributed by atoms with Crippen LogP contribution >= 0.6 is 11.3 Å². The summed E-state index contributed by atoms with van der Waals surface area (Å²) in [6.45, 7) is 0.788. The van der Waals surface area contributed by atoms with Gasteiger partial charge in [0.2, 0.25) is 0 Å². The number of halogens is 3. The molecule has 2 N–H and O–H groups in total. The van der Waals surface area contributed by atoms with Gasteiger partial charge in [0.05, 0.1) is 9.90 Å². The van der Waals surface area contributed by atoms with E-state index in [0.717, 1.165) is 28.5 Å². The number of aromatic nitrogens is 1. The van der Waals surface area contributed by atoms with Crippen LogP contribution in [0.1, 0.15) is 16.3 Å². The predicted octanol–water partition coefficient (Wildman–Crippen LogP) is 2.47. The van der Waals surface area contributed by atoms with Gasteiger partial charge >= 0.3 is 6.18 Å². The summed E-state index contributed by atoms with van der Waals surface area (Å²) in [5, 5.41) is 7.45. The summed E-state index contributed by atoms with van der Waals surface area (Å²) in [6.07, 6.45) is -2.94. The van der Waals surface area contributed by atoms with E-state index in [9.17, 15) is 21.6 Å². The molecule has 148 valence electrons. The SMILES string of the molecule is CN=C(NCCc1nc(C(F)(F)F)cs1)NCc1ccc(S(C)(=O)=O)cc1. The molecule has 0 bridgehead atoms. The van der Waals surface area contributed by atoms with Crippen LogP contribution in [0.25, 0.3) is 0 Å². The lowest BCUT2D eigenvalue weighted by molar-refractivity contribution is -0.140. The van der Waals surface area contributed by atoms with Crippen LogP contribution in [0.5, 0.6) is 0 Å². The smallest absolute Gasteiger partial charge is 0.356 e. The third kappa shape index (κ3) is 6.51. The molecule has 11 heteroatoms. The second-order valence-corrected chi connectivity index (χ2v) is 8.60. The molecule has 1 aromatic carbocycles. The van der Waals surface area contributed by atoms with Gasteiger partial charge in [0.1, 0.15) is 0 Å². The topological polar surface area (TPSA) is 83.4 Å². The molecule has 0 saturated carbocycles. The van der Waals surface area contributed by atoms with Crippen molar-refractivity contribution in [2.75, 3.05) is 19.8 Å². The number of rotatable bonds is 6. The van der Waals surface area contributed by atoms with E-state index in [1.165, 1.54) is 12.1 Å². The van der Waals surface area contributed by atoms with Crippen LogP contribution in [0.2, 0.25) is 0 Å². The molecule has 0 spiro atoms. The zero-order valence-electron chi connectivity index (χ0n) is 14.7. The molecule has 0 aliphatic heterocycles. The molecule has 2 aromatic rings. The molecule has 0 radical (unpaired) electrons. The average Bonchev–Trinajstić information content (AvgIpc) is 3.07. The van der Waals surface area contributed by atoms with E-state index in [2.05, 4.69) is 20.6 Å². The van der Waals surface area contributed by atoms with E-state index in [0.29, 0.717) is 30.5 Å². The molecule has 1 aromatic heterocycles. The van der Waals surface area contributed by atoms with Crippen molar-refractivity contribution in [3.8, 4) is 0 Å². The van der Waals surface area contributed by atoms with Crippen LogP contribution in [0.3, 0.4) is 0 Å². The van der Waals surface area contributed by atoms with Crippen LogP contribution in [0.4, 0.5) is 13.2 Å². The van der Waals surface area contributed by atoms with Gasteiger partial charge in [-0.1, -0.05) is 12.1 Å². The van der Waals surface area contributed by atoms with Crippen LogP contribution in [0, 0.1) is 0 Å². The quantitative estimate of drug-likeness (QED) is 0.554. The summed E-state index contributed by atoms with van der Waals surface area (Å²) in [5.74, 6) is 0.481. The Morgan fingerprint density at radius 3 is 2.41 bits per heavy atom. The molecule has 6 nitrogen and oxygen atoms in total. The number of guanidine groups is 1. The molecule has 0 fully saturated rings. The third-order valence-electron chi connectivity index (χ3n) is 3.51. The summed E-state index contributed by atoms with van der Waals surface area (Å²) in [5.41, 5.74) is -0.0114. The predicted molar refractivity (Wildman–Crippen MR) is 98.6 cm³/mol. The number of benzene rings is 1. The Hall–Kier alpha value is -2.14. The van der Waals surface area contributed by atoms with Crippen LogP contribution < -0.4 is 10.6 Å². The molecule has 0 amide bonds. The van der Waals surface area contributed by atoms with Crippen molar-refractivity contribution in [1.82, 2.24) is 15.6 Å². The Kier molecular flexibility index (Phi) is 6.82. The van der Waals surface area contributed by atoms with Crippen molar-refractivity contribution in [3.63, 3.8) is 0 Å². The number of aliphatic imine (C=N–C) groups is 1. The molecule has 0 saturated heterocycles. The average molecular weight is 420 g/mol. The zero-order valence-corrected chi connectivity index (χ0v) is 16.3. The van der Waals surface area contributed by atoms with Gasteiger partial charge in [0.25, 0.3) is 0 Å². The van der Waals surface area contributed by atoms with Crippen molar-refractivity contribution < 1.29 is 21.6 Å². The van der Waals surface area contributed by atoms with Crippen molar-refractivity contribution in [2.24, 2.45) is 4.99 Å². The first kappa shape index (κ1) is 21.2. The van der Waals surface area contributed by atoms with Gasteiger partial charge in [0, 0.05) is 38.2 Å². The van der Waals surface area contributed by atoms with Gasteiger partial charge in [-0.2, -0.15) is 13.2 Å². The minimum atomic E-state index is -4.42. The fraction of sp³-hybridized carbons (Fsp3) is 0.375. The highest BCUT2D eigenvalue weighted by Gasteiger charge is 2.33. The first-order chi connectivity index (χ1) is 12.6. The molecule has 2 rings (SSSR count). The summed E-state index contributed by atoms with van der Waals surface area (Å²) in [7, 11) is -1.66. The van der Waals surface area contributed by atoms with Crippen LogP contribution in [0.15, 0.2) is 39.5 Å². The first-order valence-corrected chi connectivity index (χ1v) is 10.6. The van der Waals surface area contributed by atoms with Gasteiger partial charge in [-0.3, -0.25) is 4.99 Å². The Bertz CT molecular complexity index is 891. The van der Waals surface area contributed by atoms with Crippen molar-refractivity contribution >= 4 is 27.1 Å². The van der Waals surface area contributed by atoms with Gasteiger partial charge in [-0.25, -0.2) is 13.4 Å². The number of sulfone groups is 1. The van der Waals surface area contributed by atoms with Gasteiger partial charge in [-0.05, 0) is 17.7 Å². The van der Waals surface area contributed by atoms with E-state index in [1.54, 1.807) is 19.2 Å². The number of thiazole rings is 1. The standard InChI is InChI=1S/C16H19F3N4O2S2/c1-20-15(21-8-7-14-23-13(10-26-14)16(17,18)19)22-9-11-3-5-12(6-4-11)27(2,24)25/h3-6,10H,7-9H2,1-2H3,(H2,20,21,22). The molecular weight excluding hydrogens is 401 g/mol. The Balaban J connectivity index is 1.81. The fourth-order valence-electron chi connectivity index (χ4n) is 2.10. The molecule has 0 aliphatic rings. The molecule has 1 heterocycles. The summed E-state index contributed by atoms with van der Waals surface area (Å²) in [4.78, 5) is 7.85. The van der Waals surface area contributed by atoms with E-state index in [-0.39, 0.29) is 4.90 Å². The van der Waals surface area contributed by atoms with Crippen molar-refractivity contribution in [1.29, 1.82) is 0 Å². The van der Waals surface area contributed by atoms with E-state index >= 15 is 0 Å². The number of hydrogen-bond acceptors (Lipinski definition) is 5. The number of alkyl halides is 3. The zero-order chi connectivity index (χ0) is 20.1.